The molecule has 2 aliphatic rings. The third-order valence-electron chi connectivity index (χ3n) is 4.10. The summed E-state index contributed by atoms with van der Waals surface area (Å²) in [5.74, 6) is 1.70. The van der Waals surface area contributed by atoms with Gasteiger partial charge in [0.2, 0.25) is 0 Å². The third kappa shape index (κ3) is 2.92. The maximum atomic E-state index is 9.44. The molecule has 2 aliphatic heterocycles. The van der Waals surface area contributed by atoms with Crippen molar-refractivity contribution in [1.29, 1.82) is 0 Å². The van der Waals surface area contributed by atoms with Gasteiger partial charge in [-0.05, 0) is 31.2 Å². The highest BCUT2D eigenvalue weighted by molar-refractivity contribution is 4.85. The lowest BCUT2D eigenvalue weighted by atomic mass is 9.88. The lowest BCUT2D eigenvalue weighted by Crippen LogP contribution is -2.44. The maximum absolute atomic E-state index is 9.44. The lowest BCUT2D eigenvalue weighted by molar-refractivity contribution is 0.126. The van der Waals surface area contributed by atoms with Crippen LogP contribution in [0.1, 0.15) is 26.7 Å². The molecular formula is C12H24N2O. The number of β-amino-alcohol motifs (C(OH)–C–C–N with tert-alkyl or cyclic N) is 1. The third-order valence-corrected chi connectivity index (χ3v) is 4.10. The Morgan fingerprint density at radius 1 is 1.33 bits per heavy atom. The molecule has 4 unspecified atom stereocenters. The first-order chi connectivity index (χ1) is 7.15. The van der Waals surface area contributed by atoms with E-state index in [2.05, 4.69) is 24.1 Å². The number of piperidine rings is 1. The van der Waals surface area contributed by atoms with Gasteiger partial charge < -0.3 is 15.3 Å². The Bertz CT molecular complexity index is 210. The van der Waals surface area contributed by atoms with Crippen LogP contribution in [0, 0.1) is 11.8 Å². The molecule has 0 saturated carbocycles. The van der Waals surface area contributed by atoms with Crippen LogP contribution in [0.25, 0.3) is 0 Å². The Kier molecular flexibility index (Phi) is 3.65. The molecule has 0 aliphatic carbocycles. The van der Waals surface area contributed by atoms with Crippen molar-refractivity contribution < 1.29 is 5.11 Å². The van der Waals surface area contributed by atoms with Crippen LogP contribution in [0.5, 0.6) is 0 Å². The molecule has 0 spiro atoms. The minimum atomic E-state index is -0.115. The van der Waals surface area contributed by atoms with Crippen molar-refractivity contribution in [2.75, 3.05) is 26.2 Å². The summed E-state index contributed by atoms with van der Waals surface area (Å²) in [6.45, 7) is 9.08. The number of nitrogens with zero attached hydrogens (tertiary/aromatic N) is 1. The molecule has 0 amide bonds. The van der Waals surface area contributed by atoms with Gasteiger partial charge in [-0.2, -0.15) is 0 Å². The minimum Gasteiger partial charge on any atom is -0.392 e. The van der Waals surface area contributed by atoms with Crippen molar-refractivity contribution >= 4 is 0 Å². The predicted octanol–water partition coefficient (Wildman–Crippen LogP) is 0.687. The SMILES string of the molecule is CC1CCN(CC2CC(O)CN2)CC1C. The van der Waals surface area contributed by atoms with E-state index in [1.807, 2.05) is 0 Å². The van der Waals surface area contributed by atoms with E-state index in [9.17, 15) is 5.11 Å². The van der Waals surface area contributed by atoms with E-state index >= 15 is 0 Å². The van der Waals surface area contributed by atoms with Crippen LogP contribution in [0.3, 0.4) is 0 Å². The molecule has 2 saturated heterocycles. The molecule has 88 valence electrons. The van der Waals surface area contributed by atoms with Crippen molar-refractivity contribution in [3.8, 4) is 0 Å². The molecule has 2 N–H and O–H groups in total. The van der Waals surface area contributed by atoms with Crippen molar-refractivity contribution in [1.82, 2.24) is 10.2 Å². The van der Waals surface area contributed by atoms with Crippen molar-refractivity contribution in [2.24, 2.45) is 11.8 Å². The molecule has 0 aromatic rings. The molecule has 0 aromatic carbocycles. The first-order valence-electron chi connectivity index (χ1n) is 6.29. The normalized spacial score (nSPS) is 43.4. The van der Waals surface area contributed by atoms with E-state index in [1.54, 1.807) is 0 Å². The molecule has 2 heterocycles. The quantitative estimate of drug-likeness (QED) is 0.707. The molecule has 15 heavy (non-hydrogen) atoms. The topological polar surface area (TPSA) is 35.5 Å². The van der Waals surface area contributed by atoms with Crippen LogP contribution < -0.4 is 5.32 Å². The first kappa shape index (κ1) is 11.4. The smallest absolute Gasteiger partial charge is 0.0680 e. The van der Waals surface area contributed by atoms with E-state index in [-0.39, 0.29) is 6.10 Å². The van der Waals surface area contributed by atoms with E-state index in [0.29, 0.717) is 6.04 Å². The summed E-state index contributed by atoms with van der Waals surface area (Å²) in [7, 11) is 0. The van der Waals surface area contributed by atoms with Crippen LogP contribution in [0.2, 0.25) is 0 Å². The highest BCUT2D eigenvalue weighted by atomic mass is 16.3. The fraction of sp³-hybridized carbons (Fsp3) is 1.00. The number of likely N-dealkylation sites (tertiary alicyclic amines) is 1. The van der Waals surface area contributed by atoms with Gasteiger partial charge in [-0.1, -0.05) is 13.8 Å². The number of aliphatic hydroxyl groups excluding tert-OH is 1. The molecular weight excluding hydrogens is 188 g/mol. The molecule has 0 radical (unpaired) electrons. The predicted molar refractivity (Wildman–Crippen MR) is 61.8 cm³/mol. The summed E-state index contributed by atoms with van der Waals surface area (Å²) < 4.78 is 0. The van der Waals surface area contributed by atoms with Gasteiger partial charge in [0.25, 0.3) is 0 Å². The van der Waals surface area contributed by atoms with Crippen molar-refractivity contribution in [3.05, 3.63) is 0 Å². The monoisotopic (exact) mass is 212 g/mol. The summed E-state index contributed by atoms with van der Waals surface area (Å²) in [5, 5.41) is 12.8. The fourth-order valence-corrected chi connectivity index (χ4v) is 2.76. The van der Waals surface area contributed by atoms with Crippen molar-refractivity contribution in [3.63, 3.8) is 0 Å². The van der Waals surface area contributed by atoms with Gasteiger partial charge in [0.1, 0.15) is 0 Å². The lowest BCUT2D eigenvalue weighted by Gasteiger charge is -2.36. The van der Waals surface area contributed by atoms with Gasteiger partial charge >= 0.3 is 0 Å². The summed E-state index contributed by atoms with van der Waals surface area (Å²) in [6, 6.07) is 0.514. The molecule has 0 aromatic heterocycles. The zero-order chi connectivity index (χ0) is 10.8. The van der Waals surface area contributed by atoms with Gasteiger partial charge in [0, 0.05) is 25.7 Å². The number of rotatable bonds is 2. The van der Waals surface area contributed by atoms with Gasteiger partial charge in [0.05, 0.1) is 6.10 Å². The summed E-state index contributed by atoms with van der Waals surface area (Å²) in [6.07, 6.45) is 2.15. The van der Waals surface area contributed by atoms with Crippen LogP contribution >= 0.6 is 0 Å². The fourth-order valence-electron chi connectivity index (χ4n) is 2.76. The van der Waals surface area contributed by atoms with Gasteiger partial charge in [-0.15, -0.1) is 0 Å². The first-order valence-corrected chi connectivity index (χ1v) is 6.29. The number of nitrogens with one attached hydrogen (secondary N) is 1. The average Bonchev–Trinajstić information content (AvgIpc) is 2.58. The van der Waals surface area contributed by atoms with Gasteiger partial charge in [0.15, 0.2) is 0 Å². The van der Waals surface area contributed by atoms with E-state index in [4.69, 9.17) is 0 Å². The zero-order valence-electron chi connectivity index (χ0n) is 9.95. The molecule has 3 nitrogen and oxygen atoms in total. The number of aliphatic hydroxyl groups is 1. The summed E-state index contributed by atoms with van der Waals surface area (Å²) in [5.41, 5.74) is 0. The summed E-state index contributed by atoms with van der Waals surface area (Å²) in [4.78, 5) is 2.56. The largest absolute Gasteiger partial charge is 0.392 e. The molecule has 4 atom stereocenters. The minimum absolute atomic E-state index is 0.115. The zero-order valence-corrected chi connectivity index (χ0v) is 9.95. The highest BCUT2D eigenvalue weighted by Gasteiger charge is 2.27. The Balaban J connectivity index is 1.75. The van der Waals surface area contributed by atoms with Crippen LogP contribution in [-0.4, -0.2) is 48.3 Å². The molecule has 3 heteroatoms. The standard InChI is InChI=1S/C12H24N2O/c1-9-3-4-14(7-10(9)2)8-11-5-12(15)6-13-11/h9-13,15H,3-8H2,1-2H3. The Labute approximate surface area is 92.8 Å². The van der Waals surface area contributed by atoms with Crippen molar-refractivity contribution in [2.45, 2.75) is 38.8 Å². The Morgan fingerprint density at radius 2 is 2.13 bits per heavy atom. The van der Waals surface area contributed by atoms with E-state index in [0.717, 1.165) is 31.3 Å². The van der Waals surface area contributed by atoms with Gasteiger partial charge in [-0.3, -0.25) is 0 Å². The number of hydrogen-bond donors (Lipinski definition) is 2. The second kappa shape index (κ2) is 4.81. The Hall–Kier alpha value is -0.120. The Morgan fingerprint density at radius 3 is 2.73 bits per heavy atom. The number of hydrogen-bond acceptors (Lipinski definition) is 3. The molecule has 2 rings (SSSR count). The van der Waals surface area contributed by atoms with E-state index < -0.39 is 0 Å². The second-order valence-electron chi connectivity index (χ2n) is 5.50. The molecule has 0 bridgehead atoms. The molecule has 2 fully saturated rings. The van der Waals surface area contributed by atoms with Crippen LogP contribution in [0.4, 0.5) is 0 Å². The van der Waals surface area contributed by atoms with Crippen LogP contribution in [0.15, 0.2) is 0 Å². The van der Waals surface area contributed by atoms with Crippen LogP contribution in [-0.2, 0) is 0 Å². The highest BCUT2D eigenvalue weighted by Crippen LogP contribution is 2.23. The maximum Gasteiger partial charge on any atom is 0.0680 e. The second-order valence-corrected chi connectivity index (χ2v) is 5.50. The average molecular weight is 212 g/mol. The van der Waals surface area contributed by atoms with Gasteiger partial charge in [-0.25, -0.2) is 0 Å². The summed E-state index contributed by atoms with van der Waals surface area (Å²) >= 11 is 0. The van der Waals surface area contributed by atoms with E-state index in [1.165, 1.54) is 19.5 Å².